The van der Waals surface area contributed by atoms with Crippen molar-refractivity contribution in [2.75, 3.05) is 0 Å². The SMILES string of the molecule is O=[N+]([O-])c1c2c(c(F)c3c1CCC3)CCC2. The molecule has 3 nitrogen and oxygen atoms in total. The maximum absolute atomic E-state index is 14.1. The van der Waals surface area contributed by atoms with Crippen molar-refractivity contribution in [1.82, 2.24) is 0 Å². The van der Waals surface area contributed by atoms with E-state index in [9.17, 15) is 14.5 Å². The summed E-state index contributed by atoms with van der Waals surface area (Å²) in [6.45, 7) is 0. The summed E-state index contributed by atoms with van der Waals surface area (Å²) in [6.07, 6.45) is 4.34. The van der Waals surface area contributed by atoms with Gasteiger partial charge in [-0.2, -0.15) is 0 Å². The lowest BCUT2D eigenvalue weighted by molar-refractivity contribution is -0.386. The van der Waals surface area contributed by atoms with Gasteiger partial charge in [-0.3, -0.25) is 10.1 Å². The van der Waals surface area contributed by atoms with Crippen molar-refractivity contribution in [1.29, 1.82) is 0 Å². The van der Waals surface area contributed by atoms with Crippen molar-refractivity contribution in [2.24, 2.45) is 0 Å². The van der Waals surface area contributed by atoms with Crippen molar-refractivity contribution in [2.45, 2.75) is 38.5 Å². The van der Waals surface area contributed by atoms with Crippen molar-refractivity contribution >= 4 is 5.69 Å². The fourth-order valence-corrected chi connectivity index (χ4v) is 3.08. The highest BCUT2D eigenvalue weighted by Gasteiger charge is 2.34. The maximum atomic E-state index is 14.1. The molecule has 0 saturated carbocycles. The third kappa shape index (κ3) is 1.13. The molecule has 16 heavy (non-hydrogen) atoms. The molecule has 0 atom stereocenters. The smallest absolute Gasteiger partial charge is 0.258 e. The predicted molar refractivity (Wildman–Crippen MR) is 57.1 cm³/mol. The largest absolute Gasteiger partial charge is 0.276 e. The van der Waals surface area contributed by atoms with E-state index in [1.165, 1.54) is 0 Å². The Balaban J connectivity index is 2.36. The molecule has 84 valence electrons. The van der Waals surface area contributed by atoms with E-state index in [4.69, 9.17) is 0 Å². The van der Waals surface area contributed by atoms with Gasteiger partial charge in [-0.15, -0.1) is 0 Å². The van der Waals surface area contributed by atoms with Crippen LogP contribution in [0.25, 0.3) is 0 Å². The second-order valence-corrected chi connectivity index (χ2v) is 4.54. The minimum absolute atomic E-state index is 0.148. The molecule has 2 aliphatic carbocycles. The van der Waals surface area contributed by atoms with E-state index < -0.39 is 0 Å². The van der Waals surface area contributed by atoms with Gasteiger partial charge in [0.1, 0.15) is 5.82 Å². The summed E-state index contributed by atoms with van der Waals surface area (Å²) >= 11 is 0. The maximum Gasteiger partial charge on any atom is 0.276 e. The number of fused-ring (bicyclic) bond motifs is 2. The van der Waals surface area contributed by atoms with Crippen molar-refractivity contribution < 1.29 is 9.31 Å². The highest BCUT2D eigenvalue weighted by molar-refractivity contribution is 5.59. The standard InChI is InChI=1S/C12H12FNO2/c13-11-7-3-1-5-9(7)12(14(15)16)10-6-2-4-8(10)11/h1-6H2. The normalized spacial score (nSPS) is 17.3. The highest BCUT2D eigenvalue weighted by atomic mass is 19.1. The first-order valence-electron chi connectivity index (χ1n) is 5.69. The van der Waals surface area contributed by atoms with Gasteiger partial charge in [-0.1, -0.05) is 0 Å². The Hall–Kier alpha value is -1.45. The highest BCUT2D eigenvalue weighted by Crippen LogP contribution is 2.41. The molecule has 0 aliphatic heterocycles. The van der Waals surface area contributed by atoms with Crippen LogP contribution in [0.3, 0.4) is 0 Å². The minimum Gasteiger partial charge on any atom is -0.258 e. The van der Waals surface area contributed by atoms with Gasteiger partial charge >= 0.3 is 0 Å². The zero-order chi connectivity index (χ0) is 11.3. The number of halogens is 1. The monoisotopic (exact) mass is 221 g/mol. The number of rotatable bonds is 1. The minimum atomic E-state index is -0.312. The first-order valence-corrected chi connectivity index (χ1v) is 5.69. The molecule has 1 aromatic carbocycles. The summed E-state index contributed by atoms with van der Waals surface area (Å²) in [5.74, 6) is -0.148. The van der Waals surface area contributed by atoms with Gasteiger partial charge in [0.25, 0.3) is 5.69 Å². The van der Waals surface area contributed by atoms with Gasteiger partial charge in [0, 0.05) is 11.1 Å². The van der Waals surface area contributed by atoms with Gasteiger partial charge in [0.15, 0.2) is 0 Å². The molecule has 2 aliphatic rings. The number of hydrogen-bond acceptors (Lipinski definition) is 2. The topological polar surface area (TPSA) is 43.1 Å². The van der Waals surface area contributed by atoms with Crippen LogP contribution < -0.4 is 0 Å². The van der Waals surface area contributed by atoms with Gasteiger partial charge < -0.3 is 0 Å². The van der Waals surface area contributed by atoms with Crippen LogP contribution >= 0.6 is 0 Å². The summed E-state index contributed by atoms with van der Waals surface area (Å²) in [4.78, 5) is 10.8. The first kappa shape index (κ1) is 9.75. The molecule has 0 amide bonds. The molecule has 0 aromatic heterocycles. The molecular formula is C12H12FNO2. The molecule has 0 heterocycles. The van der Waals surface area contributed by atoms with E-state index in [0.717, 1.165) is 12.8 Å². The van der Waals surface area contributed by atoms with Crippen molar-refractivity contribution in [3.05, 3.63) is 38.2 Å². The summed E-state index contributed by atoms with van der Waals surface area (Å²) in [7, 11) is 0. The van der Waals surface area contributed by atoms with E-state index in [1.807, 2.05) is 0 Å². The van der Waals surface area contributed by atoms with Crippen LogP contribution in [0, 0.1) is 15.9 Å². The predicted octanol–water partition coefficient (Wildman–Crippen LogP) is 2.71. The van der Waals surface area contributed by atoms with E-state index in [2.05, 4.69) is 0 Å². The molecule has 0 bridgehead atoms. The van der Waals surface area contributed by atoms with Gasteiger partial charge in [-0.25, -0.2) is 4.39 Å². The van der Waals surface area contributed by atoms with Crippen LogP contribution in [0.15, 0.2) is 0 Å². The number of hydrogen-bond donors (Lipinski definition) is 0. The third-order valence-corrected chi connectivity index (χ3v) is 3.72. The molecule has 3 rings (SSSR count). The van der Waals surface area contributed by atoms with Crippen LogP contribution in [0.1, 0.15) is 35.1 Å². The number of benzene rings is 1. The Kier molecular flexibility index (Phi) is 1.99. The van der Waals surface area contributed by atoms with Gasteiger partial charge in [0.05, 0.1) is 4.92 Å². The lowest BCUT2D eigenvalue weighted by Crippen LogP contribution is -2.04. The zero-order valence-electron chi connectivity index (χ0n) is 8.88. The fourth-order valence-electron chi connectivity index (χ4n) is 3.08. The second kappa shape index (κ2) is 3.27. The third-order valence-electron chi connectivity index (χ3n) is 3.72. The average molecular weight is 221 g/mol. The van der Waals surface area contributed by atoms with Crippen molar-refractivity contribution in [3.63, 3.8) is 0 Å². The molecule has 1 aromatic rings. The Morgan fingerprint density at radius 1 is 0.938 bits per heavy atom. The number of nitrogens with zero attached hydrogens (tertiary/aromatic N) is 1. The van der Waals surface area contributed by atoms with E-state index >= 15 is 0 Å². The van der Waals surface area contributed by atoms with Crippen LogP contribution in [0.5, 0.6) is 0 Å². The molecular weight excluding hydrogens is 209 g/mol. The summed E-state index contributed by atoms with van der Waals surface area (Å²) in [5, 5.41) is 11.1. The Bertz CT molecular complexity index is 461. The fraction of sp³-hybridized carbons (Fsp3) is 0.500. The van der Waals surface area contributed by atoms with E-state index in [1.54, 1.807) is 0 Å². The van der Waals surface area contributed by atoms with Gasteiger partial charge in [-0.05, 0) is 49.7 Å². The Morgan fingerprint density at radius 3 is 1.81 bits per heavy atom. The summed E-state index contributed by atoms with van der Waals surface area (Å²) in [5.41, 5.74) is 2.80. The average Bonchev–Trinajstić information content (AvgIpc) is 2.84. The number of nitro benzene ring substituents is 1. The van der Waals surface area contributed by atoms with Crippen LogP contribution in [-0.2, 0) is 25.7 Å². The molecule has 0 N–H and O–H groups in total. The second-order valence-electron chi connectivity index (χ2n) is 4.54. The van der Waals surface area contributed by atoms with Crippen LogP contribution in [0.2, 0.25) is 0 Å². The summed E-state index contributed by atoms with van der Waals surface area (Å²) < 4.78 is 14.1. The zero-order valence-corrected chi connectivity index (χ0v) is 8.88. The quantitative estimate of drug-likeness (QED) is 0.540. The lowest BCUT2D eigenvalue weighted by atomic mass is 9.98. The van der Waals surface area contributed by atoms with Crippen LogP contribution in [0.4, 0.5) is 10.1 Å². The van der Waals surface area contributed by atoms with Crippen molar-refractivity contribution in [3.8, 4) is 0 Å². The first-order chi connectivity index (χ1) is 7.70. The Morgan fingerprint density at radius 2 is 1.38 bits per heavy atom. The molecule has 4 heteroatoms. The molecule has 0 radical (unpaired) electrons. The Labute approximate surface area is 92.4 Å². The molecule has 0 unspecified atom stereocenters. The molecule has 0 saturated heterocycles. The van der Waals surface area contributed by atoms with Crippen LogP contribution in [-0.4, -0.2) is 4.92 Å². The van der Waals surface area contributed by atoms with Gasteiger partial charge in [0.2, 0.25) is 0 Å². The summed E-state index contributed by atoms with van der Waals surface area (Å²) in [6, 6.07) is 0. The molecule has 0 spiro atoms. The molecule has 0 fully saturated rings. The number of nitro groups is 1. The van der Waals surface area contributed by atoms with E-state index in [-0.39, 0.29) is 16.4 Å². The lowest BCUT2D eigenvalue weighted by Gasteiger charge is -2.09. The van der Waals surface area contributed by atoms with E-state index in [0.29, 0.717) is 47.9 Å².